The van der Waals surface area contributed by atoms with Crippen molar-refractivity contribution in [2.45, 2.75) is 38.6 Å². The molecule has 0 bridgehead atoms. The first-order valence-electron chi connectivity index (χ1n) is 12.8. The summed E-state index contributed by atoms with van der Waals surface area (Å²) in [5, 5.41) is 7.80. The number of anilines is 3. The molecule has 4 heterocycles. The molecule has 2 aliphatic heterocycles. The smallest absolute Gasteiger partial charge is 0.227 e. The highest BCUT2D eigenvalue weighted by atomic mass is 19.1. The molecule has 3 N–H and O–H groups in total. The van der Waals surface area contributed by atoms with Gasteiger partial charge in [0.25, 0.3) is 0 Å². The molecular formula is C28H30F2N6O. The number of rotatable bonds is 5. The molecule has 1 fully saturated rings. The molecule has 7 nitrogen and oxygen atoms in total. The molecule has 4 aromatic rings. The molecule has 0 radical (unpaired) electrons. The van der Waals surface area contributed by atoms with E-state index in [1.807, 2.05) is 30.9 Å². The van der Waals surface area contributed by atoms with Crippen LogP contribution < -0.4 is 20.3 Å². The summed E-state index contributed by atoms with van der Waals surface area (Å²) in [6, 6.07) is 9.22. The van der Waals surface area contributed by atoms with Crippen LogP contribution in [0.25, 0.3) is 22.2 Å². The lowest BCUT2D eigenvalue weighted by Crippen LogP contribution is -2.38. The maximum absolute atomic E-state index is 15.0. The monoisotopic (exact) mass is 504 g/mol. The van der Waals surface area contributed by atoms with Gasteiger partial charge in [-0.2, -0.15) is 0 Å². The van der Waals surface area contributed by atoms with Crippen LogP contribution >= 0.6 is 0 Å². The fourth-order valence-electron chi connectivity index (χ4n) is 5.43. The molecule has 1 saturated heterocycles. The van der Waals surface area contributed by atoms with Crippen molar-refractivity contribution in [3.8, 4) is 17.0 Å². The standard InChI is InChI=1S/C28H30F2N6O/c1-16(2)36-9-10-37-27-22(29)11-18(12-25(27)36)26-23(30)15-33-28(35-26)34-19-3-4-20-21(14-32-24(20)13-19)17-5-7-31-8-6-17/h3-4,11-17,31-32H,5-10H2,1-2H3,(H,33,34,35). The lowest BCUT2D eigenvalue weighted by atomic mass is 9.90. The molecule has 6 rings (SSSR count). The van der Waals surface area contributed by atoms with Gasteiger partial charge in [0.05, 0.1) is 18.4 Å². The van der Waals surface area contributed by atoms with Gasteiger partial charge in [-0.05, 0) is 75.5 Å². The fourth-order valence-corrected chi connectivity index (χ4v) is 5.43. The number of nitrogens with one attached hydrogen (secondary N) is 3. The van der Waals surface area contributed by atoms with E-state index in [1.165, 1.54) is 17.0 Å². The zero-order valence-electron chi connectivity index (χ0n) is 20.9. The number of aromatic nitrogens is 3. The minimum absolute atomic E-state index is 0.0302. The van der Waals surface area contributed by atoms with E-state index in [0.29, 0.717) is 30.3 Å². The molecule has 2 aliphatic rings. The Morgan fingerprint density at radius 2 is 1.95 bits per heavy atom. The van der Waals surface area contributed by atoms with E-state index in [1.54, 1.807) is 6.07 Å². The molecule has 2 aromatic carbocycles. The zero-order chi connectivity index (χ0) is 25.5. The number of fused-ring (bicyclic) bond motifs is 2. The number of benzene rings is 2. The van der Waals surface area contributed by atoms with E-state index in [-0.39, 0.29) is 23.4 Å². The molecule has 0 saturated carbocycles. The highest BCUT2D eigenvalue weighted by molar-refractivity contribution is 5.87. The van der Waals surface area contributed by atoms with Crippen molar-refractivity contribution in [3.05, 3.63) is 59.9 Å². The summed E-state index contributed by atoms with van der Waals surface area (Å²) in [6.45, 7) is 7.18. The third-order valence-electron chi connectivity index (χ3n) is 7.30. The lowest BCUT2D eigenvalue weighted by molar-refractivity contribution is 0.287. The molecule has 2 aromatic heterocycles. The Labute approximate surface area is 214 Å². The number of hydrogen-bond acceptors (Lipinski definition) is 6. The van der Waals surface area contributed by atoms with Gasteiger partial charge in [0.15, 0.2) is 17.4 Å². The Morgan fingerprint density at radius 3 is 2.76 bits per heavy atom. The minimum atomic E-state index is -0.621. The van der Waals surface area contributed by atoms with Crippen molar-refractivity contribution < 1.29 is 13.5 Å². The Balaban J connectivity index is 1.30. The molecular weight excluding hydrogens is 474 g/mol. The number of aromatic amines is 1. The quantitative estimate of drug-likeness (QED) is 0.323. The van der Waals surface area contributed by atoms with Crippen molar-refractivity contribution in [2.75, 3.05) is 36.5 Å². The zero-order valence-corrected chi connectivity index (χ0v) is 20.9. The Bertz CT molecular complexity index is 1450. The van der Waals surface area contributed by atoms with Crippen LogP contribution in [0.5, 0.6) is 5.75 Å². The van der Waals surface area contributed by atoms with Gasteiger partial charge in [-0.25, -0.2) is 18.7 Å². The van der Waals surface area contributed by atoms with Gasteiger partial charge in [0, 0.05) is 34.4 Å². The number of hydrogen-bond donors (Lipinski definition) is 3. The first kappa shape index (κ1) is 23.7. The molecule has 0 amide bonds. The van der Waals surface area contributed by atoms with Crippen molar-refractivity contribution >= 4 is 28.2 Å². The summed E-state index contributed by atoms with van der Waals surface area (Å²) in [5.74, 6) is -0.183. The molecule has 0 aliphatic carbocycles. The van der Waals surface area contributed by atoms with Gasteiger partial charge in [0.2, 0.25) is 5.95 Å². The van der Waals surface area contributed by atoms with Gasteiger partial charge in [-0.15, -0.1) is 0 Å². The van der Waals surface area contributed by atoms with Crippen LogP contribution in [0, 0.1) is 11.6 Å². The highest BCUT2D eigenvalue weighted by Crippen LogP contribution is 2.39. The van der Waals surface area contributed by atoms with Crippen molar-refractivity contribution in [3.63, 3.8) is 0 Å². The van der Waals surface area contributed by atoms with Crippen LogP contribution in [0.2, 0.25) is 0 Å². The largest absolute Gasteiger partial charge is 0.486 e. The van der Waals surface area contributed by atoms with E-state index in [4.69, 9.17) is 4.74 Å². The third kappa shape index (κ3) is 4.48. The number of nitrogens with zero attached hydrogens (tertiary/aromatic N) is 3. The lowest BCUT2D eigenvalue weighted by Gasteiger charge is -2.34. The summed E-state index contributed by atoms with van der Waals surface area (Å²) >= 11 is 0. The van der Waals surface area contributed by atoms with Crippen molar-refractivity contribution in [1.29, 1.82) is 0 Å². The number of piperidine rings is 1. The van der Waals surface area contributed by atoms with Crippen LogP contribution in [-0.2, 0) is 0 Å². The van der Waals surface area contributed by atoms with E-state index < -0.39 is 11.6 Å². The first-order valence-corrected chi connectivity index (χ1v) is 12.8. The second-order valence-electron chi connectivity index (χ2n) is 9.99. The van der Waals surface area contributed by atoms with Crippen LogP contribution in [0.4, 0.5) is 26.1 Å². The second kappa shape index (κ2) is 9.63. The van der Waals surface area contributed by atoms with E-state index in [2.05, 4.69) is 37.8 Å². The van der Waals surface area contributed by atoms with Crippen LogP contribution in [0.15, 0.2) is 42.7 Å². The van der Waals surface area contributed by atoms with Crippen LogP contribution in [0.1, 0.15) is 38.2 Å². The third-order valence-corrected chi connectivity index (χ3v) is 7.30. The van der Waals surface area contributed by atoms with Gasteiger partial charge in [-0.3, -0.25) is 0 Å². The summed E-state index contributed by atoms with van der Waals surface area (Å²) in [4.78, 5) is 14.0. The molecule has 0 atom stereocenters. The number of H-pyrrole nitrogens is 1. The fraction of sp³-hybridized carbons (Fsp3) is 0.357. The van der Waals surface area contributed by atoms with Gasteiger partial charge in [0.1, 0.15) is 12.3 Å². The summed E-state index contributed by atoms with van der Waals surface area (Å²) in [6.07, 6.45) is 5.47. The maximum atomic E-state index is 15.0. The SMILES string of the molecule is CC(C)N1CCOc2c(F)cc(-c3nc(Nc4ccc5c(C6CCNCC6)c[nH]c5c4)ncc3F)cc21. The highest BCUT2D eigenvalue weighted by Gasteiger charge is 2.26. The second-order valence-corrected chi connectivity index (χ2v) is 9.99. The molecule has 192 valence electrons. The summed E-state index contributed by atoms with van der Waals surface area (Å²) in [7, 11) is 0. The van der Waals surface area contributed by atoms with Gasteiger partial charge < -0.3 is 25.3 Å². The normalized spacial score (nSPS) is 16.2. The average Bonchev–Trinajstić information content (AvgIpc) is 3.33. The van der Waals surface area contributed by atoms with Gasteiger partial charge >= 0.3 is 0 Å². The van der Waals surface area contributed by atoms with E-state index >= 15 is 0 Å². The Kier molecular flexibility index (Phi) is 6.16. The molecule has 9 heteroatoms. The van der Waals surface area contributed by atoms with Gasteiger partial charge in [-0.1, -0.05) is 6.07 Å². The Hall–Kier alpha value is -3.72. The van der Waals surface area contributed by atoms with Crippen LogP contribution in [0.3, 0.4) is 0 Å². The van der Waals surface area contributed by atoms with E-state index in [0.717, 1.165) is 43.3 Å². The van der Waals surface area contributed by atoms with E-state index in [9.17, 15) is 8.78 Å². The molecule has 0 spiro atoms. The maximum Gasteiger partial charge on any atom is 0.227 e. The predicted octanol–water partition coefficient (Wildman–Crippen LogP) is 5.72. The number of halogens is 2. The first-order chi connectivity index (χ1) is 18.0. The minimum Gasteiger partial charge on any atom is -0.486 e. The molecule has 37 heavy (non-hydrogen) atoms. The summed E-state index contributed by atoms with van der Waals surface area (Å²) in [5.41, 5.74) is 4.11. The molecule has 0 unspecified atom stereocenters. The van der Waals surface area contributed by atoms with Crippen LogP contribution in [-0.4, -0.2) is 47.2 Å². The number of ether oxygens (including phenoxy) is 1. The van der Waals surface area contributed by atoms with Crippen molar-refractivity contribution in [1.82, 2.24) is 20.3 Å². The summed E-state index contributed by atoms with van der Waals surface area (Å²) < 4.78 is 35.4. The predicted molar refractivity (Wildman–Crippen MR) is 142 cm³/mol. The average molecular weight is 505 g/mol. The topological polar surface area (TPSA) is 78.1 Å². The van der Waals surface area contributed by atoms with Crippen molar-refractivity contribution in [2.24, 2.45) is 0 Å². The Morgan fingerprint density at radius 1 is 1.11 bits per heavy atom.